The normalized spacial score (nSPS) is 11.9. The summed E-state index contributed by atoms with van der Waals surface area (Å²) < 4.78 is 0. The number of aromatic nitrogens is 2. The topological polar surface area (TPSA) is 54.9 Å². The Kier molecular flexibility index (Phi) is 5.05. The third kappa shape index (κ3) is 4.18. The van der Waals surface area contributed by atoms with E-state index >= 15 is 0 Å². The molecule has 1 aromatic heterocycles. The second kappa shape index (κ2) is 7.39. The first kappa shape index (κ1) is 15.7. The van der Waals surface area contributed by atoms with E-state index in [-0.39, 0.29) is 11.2 Å². The predicted molar refractivity (Wildman–Crippen MR) is 94.8 cm³/mol. The van der Waals surface area contributed by atoms with Crippen molar-refractivity contribution >= 4 is 34.1 Å². The van der Waals surface area contributed by atoms with Crippen LogP contribution >= 0.6 is 23.1 Å². The highest BCUT2D eigenvalue weighted by atomic mass is 32.2. The van der Waals surface area contributed by atoms with Gasteiger partial charge in [0.1, 0.15) is 10.3 Å². The first-order chi connectivity index (χ1) is 11.2. The molecule has 2 aromatic carbocycles. The summed E-state index contributed by atoms with van der Waals surface area (Å²) in [6.45, 7) is 1.86. The zero-order valence-electron chi connectivity index (χ0n) is 12.5. The Morgan fingerprint density at radius 1 is 1.04 bits per heavy atom. The fourth-order valence-electron chi connectivity index (χ4n) is 2.05. The van der Waals surface area contributed by atoms with E-state index in [2.05, 4.69) is 15.5 Å². The smallest absolute Gasteiger partial charge is 0.244 e. The maximum atomic E-state index is 12.7. The zero-order chi connectivity index (χ0) is 16.1. The molecule has 0 bridgehead atoms. The minimum absolute atomic E-state index is 0.0961. The highest BCUT2D eigenvalue weighted by molar-refractivity contribution is 8.00. The Morgan fingerprint density at radius 3 is 2.30 bits per heavy atom. The van der Waals surface area contributed by atoms with Crippen LogP contribution in [0.3, 0.4) is 0 Å². The van der Waals surface area contributed by atoms with Crippen LogP contribution in [0.5, 0.6) is 0 Å². The lowest BCUT2D eigenvalue weighted by Crippen LogP contribution is -2.18. The van der Waals surface area contributed by atoms with E-state index in [1.807, 2.05) is 67.6 Å². The number of carbonyl (C=O) groups is 1. The van der Waals surface area contributed by atoms with Crippen LogP contribution in [0.4, 0.5) is 5.13 Å². The van der Waals surface area contributed by atoms with E-state index in [4.69, 9.17) is 0 Å². The van der Waals surface area contributed by atoms with Crippen molar-refractivity contribution in [1.82, 2.24) is 10.2 Å². The van der Waals surface area contributed by atoms with Gasteiger partial charge in [-0.25, -0.2) is 0 Å². The second-order valence-corrected chi connectivity index (χ2v) is 7.20. The van der Waals surface area contributed by atoms with E-state index in [1.54, 1.807) is 0 Å². The number of thioether (sulfide) groups is 1. The van der Waals surface area contributed by atoms with Gasteiger partial charge in [-0.3, -0.25) is 10.1 Å². The lowest BCUT2D eigenvalue weighted by molar-refractivity contribution is -0.115. The summed E-state index contributed by atoms with van der Waals surface area (Å²) >= 11 is 2.89. The molecule has 3 aromatic rings. The van der Waals surface area contributed by atoms with Crippen molar-refractivity contribution in [1.29, 1.82) is 0 Å². The van der Waals surface area contributed by atoms with Crippen LogP contribution in [0.15, 0.2) is 65.6 Å². The van der Waals surface area contributed by atoms with Crippen molar-refractivity contribution in [2.75, 3.05) is 5.32 Å². The van der Waals surface area contributed by atoms with Gasteiger partial charge < -0.3 is 0 Å². The largest absolute Gasteiger partial charge is 0.299 e. The Morgan fingerprint density at radius 2 is 1.70 bits per heavy atom. The van der Waals surface area contributed by atoms with Crippen molar-refractivity contribution in [3.63, 3.8) is 0 Å². The third-order valence-electron chi connectivity index (χ3n) is 3.09. The molecule has 1 amide bonds. The molecular formula is C17H15N3OS2. The van der Waals surface area contributed by atoms with Crippen molar-refractivity contribution < 1.29 is 4.79 Å². The van der Waals surface area contributed by atoms with Gasteiger partial charge >= 0.3 is 0 Å². The number of hydrogen-bond acceptors (Lipinski definition) is 5. The molecule has 3 rings (SSSR count). The standard InChI is InChI=1S/C17H15N3OS2/c1-12-19-20-17(22-12)18-16(21)15(13-8-4-2-5-9-13)23-14-10-6-3-7-11-14/h2-11,15H,1H3,(H,18,20,21)/t15-/m0/s1. The summed E-state index contributed by atoms with van der Waals surface area (Å²) in [6.07, 6.45) is 0. The quantitative estimate of drug-likeness (QED) is 0.702. The van der Waals surface area contributed by atoms with Gasteiger partial charge in [-0.1, -0.05) is 59.9 Å². The number of rotatable bonds is 5. The van der Waals surface area contributed by atoms with Gasteiger partial charge in [0, 0.05) is 4.90 Å². The number of carbonyl (C=O) groups excluding carboxylic acids is 1. The van der Waals surface area contributed by atoms with Gasteiger partial charge in [0.25, 0.3) is 0 Å². The average Bonchev–Trinajstić information content (AvgIpc) is 2.99. The fourth-order valence-corrected chi connectivity index (χ4v) is 3.69. The highest BCUT2D eigenvalue weighted by Gasteiger charge is 2.23. The number of aryl methyl sites for hydroxylation is 1. The van der Waals surface area contributed by atoms with Crippen molar-refractivity contribution in [3.8, 4) is 0 Å². The average molecular weight is 341 g/mol. The Hall–Kier alpha value is -2.18. The molecule has 0 spiro atoms. The molecule has 0 aliphatic rings. The predicted octanol–water partition coefficient (Wildman–Crippen LogP) is 4.32. The van der Waals surface area contributed by atoms with Crippen LogP contribution in [0.2, 0.25) is 0 Å². The first-order valence-electron chi connectivity index (χ1n) is 7.10. The van der Waals surface area contributed by atoms with Crippen LogP contribution in [-0.4, -0.2) is 16.1 Å². The monoisotopic (exact) mass is 341 g/mol. The van der Waals surface area contributed by atoms with E-state index in [0.717, 1.165) is 15.5 Å². The van der Waals surface area contributed by atoms with E-state index in [0.29, 0.717) is 5.13 Å². The van der Waals surface area contributed by atoms with Gasteiger partial charge in [0.2, 0.25) is 11.0 Å². The van der Waals surface area contributed by atoms with E-state index in [1.165, 1.54) is 23.1 Å². The molecule has 0 aliphatic heterocycles. The lowest BCUT2D eigenvalue weighted by atomic mass is 10.1. The number of benzene rings is 2. The molecule has 0 fully saturated rings. The van der Waals surface area contributed by atoms with Crippen LogP contribution in [0.25, 0.3) is 0 Å². The lowest BCUT2D eigenvalue weighted by Gasteiger charge is -2.16. The molecule has 1 atom stereocenters. The zero-order valence-corrected chi connectivity index (χ0v) is 14.1. The Labute approximate surface area is 143 Å². The Bertz CT molecular complexity index is 775. The minimum Gasteiger partial charge on any atom is -0.299 e. The molecule has 0 aliphatic carbocycles. The molecule has 0 unspecified atom stereocenters. The van der Waals surface area contributed by atoms with E-state index in [9.17, 15) is 4.79 Å². The summed E-state index contributed by atoms with van der Waals surface area (Å²) in [5.41, 5.74) is 0.958. The van der Waals surface area contributed by atoms with Crippen molar-refractivity contribution in [3.05, 3.63) is 71.2 Å². The molecule has 6 heteroatoms. The molecule has 0 saturated heterocycles. The number of nitrogens with one attached hydrogen (secondary N) is 1. The molecule has 23 heavy (non-hydrogen) atoms. The molecule has 4 nitrogen and oxygen atoms in total. The number of nitrogens with zero attached hydrogens (tertiary/aromatic N) is 2. The molecule has 1 heterocycles. The summed E-state index contributed by atoms with van der Waals surface area (Å²) in [6, 6.07) is 19.7. The molecule has 0 radical (unpaired) electrons. The number of amides is 1. The van der Waals surface area contributed by atoms with Gasteiger partial charge in [0.15, 0.2) is 0 Å². The van der Waals surface area contributed by atoms with E-state index < -0.39 is 0 Å². The molecule has 0 saturated carbocycles. The number of anilines is 1. The van der Waals surface area contributed by atoms with Crippen LogP contribution in [0.1, 0.15) is 15.8 Å². The maximum Gasteiger partial charge on any atom is 0.244 e. The maximum absolute atomic E-state index is 12.7. The van der Waals surface area contributed by atoms with Crippen molar-refractivity contribution in [2.24, 2.45) is 0 Å². The van der Waals surface area contributed by atoms with Crippen molar-refractivity contribution in [2.45, 2.75) is 17.1 Å². The van der Waals surface area contributed by atoms with Crippen LogP contribution in [-0.2, 0) is 4.79 Å². The van der Waals surface area contributed by atoms with Gasteiger partial charge in [-0.15, -0.1) is 22.0 Å². The summed E-state index contributed by atoms with van der Waals surface area (Å²) in [5, 5.41) is 11.8. The van der Waals surface area contributed by atoms with Crippen LogP contribution in [0, 0.1) is 6.92 Å². The molecule has 116 valence electrons. The molecule has 1 N–H and O–H groups in total. The SMILES string of the molecule is Cc1nnc(NC(=O)[C@@H](Sc2ccccc2)c2ccccc2)s1. The third-order valence-corrected chi connectivity index (χ3v) is 5.11. The number of hydrogen-bond donors (Lipinski definition) is 1. The van der Waals surface area contributed by atoms with Gasteiger partial charge in [-0.05, 0) is 24.6 Å². The summed E-state index contributed by atoms with van der Waals surface area (Å²) in [7, 11) is 0. The summed E-state index contributed by atoms with van der Waals surface area (Å²) in [4.78, 5) is 13.8. The highest BCUT2D eigenvalue weighted by Crippen LogP contribution is 2.36. The fraction of sp³-hybridized carbons (Fsp3) is 0.118. The minimum atomic E-state index is -0.345. The second-order valence-electron chi connectivity index (χ2n) is 4.84. The van der Waals surface area contributed by atoms with Crippen LogP contribution < -0.4 is 5.32 Å². The molecular weight excluding hydrogens is 326 g/mol. The first-order valence-corrected chi connectivity index (χ1v) is 8.79. The van der Waals surface area contributed by atoms with Gasteiger partial charge in [-0.2, -0.15) is 0 Å². The summed E-state index contributed by atoms with van der Waals surface area (Å²) in [5.74, 6) is -0.0961. The van der Waals surface area contributed by atoms with Gasteiger partial charge in [0.05, 0.1) is 0 Å². The Balaban J connectivity index is 1.84.